The maximum atomic E-state index is 9.51. The number of benzene rings is 1. The molecule has 2 N–H and O–H groups in total. The van der Waals surface area contributed by atoms with Crippen LogP contribution in [0.25, 0.3) is 10.9 Å². The first kappa shape index (κ1) is 17.5. The summed E-state index contributed by atoms with van der Waals surface area (Å²) >= 11 is 1.74. The van der Waals surface area contributed by atoms with Gasteiger partial charge in [-0.05, 0) is 56.3 Å². The van der Waals surface area contributed by atoms with Gasteiger partial charge in [-0.2, -0.15) is 0 Å². The van der Waals surface area contributed by atoms with Crippen LogP contribution >= 0.6 is 11.8 Å². The van der Waals surface area contributed by atoms with E-state index in [0.717, 1.165) is 37.4 Å². The summed E-state index contributed by atoms with van der Waals surface area (Å²) in [6.45, 7) is 5.31. The van der Waals surface area contributed by atoms with Crippen LogP contribution in [0.5, 0.6) is 0 Å². The second-order valence-corrected chi connectivity index (χ2v) is 7.38. The van der Waals surface area contributed by atoms with E-state index in [1.54, 1.807) is 11.8 Å². The lowest BCUT2D eigenvalue weighted by molar-refractivity contribution is 0.0940. The molecule has 24 heavy (non-hydrogen) atoms. The number of aryl methyl sites for hydroxylation is 1. The van der Waals surface area contributed by atoms with Gasteiger partial charge in [0, 0.05) is 29.4 Å². The SMILES string of the molecule is CSc1ccc2c(C)cc(NCCN3CCCCC3CO)nc2c1. The Balaban J connectivity index is 1.66. The third-order valence-electron chi connectivity index (χ3n) is 4.89. The Kier molecular flexibility index (Phi) is 5.98. The van der Waals surface area contributed by atoms with E-state index in [-0.39, 0.29) is 6.61 Å². The monoisotopic (exact) mass is 345 g/mol. The molecule has 0 aliphatic carbocycles. The molecule has 3 rings (SSSR count). The summed E-state index contributed by atoms with van der Waals surface area (Å²) in [5, 5.41) is 14.2. The molecule has 1 aliphatic heterocycles. The molecule has 1 fully saturated rings. The summed E-state index contributed by atoms with van der Waals surface area (Å²) in [6.07, 6.45) is 5.67. The van der Waals surface area contributed by atoms with Gasteiger partial charge in [-0.3, -0.25) is 4.90 Å². The summed E-state index contributed by atoms with van der Waals surface area (Å²) in [4.78, 5) is 8.41. The highest BCUT2D eigenvalue weighted by atomic mass is 32.2. The number of rotatable bonds is 6. The van der Waals surface area contributed by atoms with E-state index in [0.29, 0.717) is 6.04 Å². The van der Waals surface area contributed by atoms with E-state index in [1.807, 2.05) is 0 Å². The molecule has 130 valence electrons. The Morgan fingerprint density at radius 3 is 3.00 bits per heavy atom. The Morgan fingerprint density at radius 2 is 2.21 bits per heavy atom. The molecule has 0 spiro atoms. The highest BCUT2D eigenvalue weighted by Crippen LogP contribution is 2.25. The van der Waals surface area contributed by atoms with Crippen LogP contribution in [0.1, 0.15) is 24.8 Å². The predicted molar refractivity (Wildman–Crippen MR) is 103 cm³/mol. The van der Waals surface area contributed by atoms with Gasteiger partial charge in [0.15, 0.2) is 0 Å². The van der Waals surface area contributed by atoms with E-state index in [1.165, 1.54) is 28.7 Å². The van der Waals surface area contributed by atoms with Gasteiger partial charge in [0.05, 0.1) is 12.1 Å². The minimum absolute atomic E-state index is 0.269. The average Bonchev–Trinajstić information content (AvgIpc) is 2.61. The fourth-order valence-corrected chi connectivity index (χ4v) is 3.92. The number of thioether (sulfide) groups is 1. The minimum Gasteiger partial charge on any atom is -0.395 e. The Hall–Kier alpha value is -1.30. The molecule has 0 amide bonds. The number of piperidine rings is 1. The molecule has 2 aromatic rings. The Morgan fingerprint density at radius 1 is 1.33 bits per heavy atom. The average molecular weight is 346 g/mol. The van der Waals surface area contributed by atoms with E-state index >= 15 is 0 Å². The highest BCUT2D eigenvalue weighted by molar-refractivity contribution is 7.98. The summed E-state index contributed by atoms with van der Waals surface area (Å²) in [7, 11) is 0. The van der Waals surface area contributed by atoms with Crippen LogP contribution in [0, 0.1) is 6.92 Å². The molecule has 1 atom stereocenters. The molecular weight excluding hydrogens is 318 g/mol. The molecule has 4 nitrogen and oxygen atoms in total. The zero-order valence-electron chi connectivity index (χ0n) is 14.6. The zero-order valence-corrected chi connectivity index (χ0v) is 15.4. The molecular formula is C19H27N3OS. The molecule has 1 aromatic heterocycles. The van der Waals surface area contributed by atoms with Crippen LogP contribution in [0.4, 0.5) is 5.82 Å². The maximum Gasteiger partial charge on any atom is 0.126 e. The molecule has 0 bridgehead atoms. The second kappa shape index (κ2) is 8.19. The van der Waals surface area contributed by atoms with Gasteiger partial charge in [-0.15, -0.1) is 11.8 Å². The third kappa shape index (κ3) is 4.02. The van der Waals surface area contributed by atoms with Gasteiger partial charge in [0.25, 0.3) is 0 Å². The molecule has 1 saturated heterocycles. The highest BCUT2D eigenvalue weighted by Gasteiger charge is 2.20. The topological polar surface area (TPSA) is 48.4 Å². The van der Waals surface area contributed by atoms with Gasteiger partial charge < -0.3 is 10.4 Å². The molecule has 1 unspecified atom stereocenters. The van der Waals surface area contributed by atoms with Crippen LogP contribution in [0.15, 0.2) is 29.2 Å². The predicted octanol–water partition coefficient (Wildman–Crippen LogP) is 3.52. The van der Waals surface area contributed by atoms with Gasteiger partial charge in [0.2, 0.25) is 0 Å². The Labute approximate surface area is 148 Å². The van der Waals surface area contributed by atoms with Crippen molar-refractivity contribution in [1.29, 1.82) is 0 Å². The zero-order chi connectivity index (χ0) is 16.9. The second-order valence-electron chi connectivity index (χ2n) is 6.50. The summed E-state index contributed by atoms with van der Waals surface area (Å²) in [5.41, 5.74) is 2.30. The number of hydrogen-bond acceptors (Lipinski definition) is 5. The quantitative estimate of drug-likeness (QED) is 0.785. The number of fused-ring (bicyclic) bond motifs is 1. The summed E-state index contributed by atoms with van der Waals surface area (Å²) < 4.78 is 0. The van der Waals surface area contributed by atoms with Crippen molar-refractivity contribution in [2.24, 2.45) is 0 Å². The number of aromatic nitrogens is 1. The lowest BCUT2D eigenvalue weighted by Gasteiger charge is -2.34. The lowest BCUT2D eigenvalue weighted by atomic mass is 10.0. The molecule has 0 radical (unpaired) electrons. The van der Waals surface area contributed by atoms with Crippen molar-refractivity contribution in [3.63, 3.8) is 0 Å². The van der Waals surface area contributed by atoms with Crippen LogP contribution in [0.3, 0.4) is 0 Å². The number of likely N-dealkylation sites (tertiary alicyclic amines) is 1. The Bertz CT molecular complexity index is 692. The number of anilines is 1. The molecule has 2 heterocycles. The number of aliphatic hydroxyl groups is 1. The minimum atomic E-state index is 0.269. The van der Waals surface area contributed by atoms with E-state index in [2.05, 4.69) is 47.7 Å². The molecule has 1 aliphatic rings. The van der Waals surface area contributed by atoms with Crippen molar-refractivity contribution in [1.82, 2.24) is 9.88 Å². The number of aliphatic hydroxyl groups excluding tert-OH is 1. The molecule has 5 heteroatoms. The smallest absolute Gasteiger partial charge is 0.126 e. The van der Waals surface area contributed by atoms with Crippen LogP contribution in [0.2, 0.25) is 0 Å². The first-order chi connectivity index (χ1) is 11.7. The lowest BCUT2D eigenvalue weighted by Crippen LogP contribution is -2.44. The van der Waals surface area contributed by atoms with Gasteiger partial charge in [-0.1, -0.05) is 12.5 Å². The van der Waals surface area contributed by atoms with Gasteiger partial charge in [-0.25, -0.2) is 4.98 Å². The standard InChI is InChI=1S/C19H27N3OS/c1-14-11-19(21-18-12-16(24-2)6-7-17(14)18)20-8-10-22-9-4-3-5-15(22)13-23/h6-7,11-12,15,23H,3-5,8-10,13H2,1-2H3,(H,20,21). The molecule has 0 saturated carbocycles. The largest absolute Gasteiger partial charge is 0.395 e. The van der Waals surface area contributed by atoms with Crippen molar-refractivity contribution in [3.8, 4) is 0 Å². The number of hydrogen-bond donors (Lipinski definition) is 2. The first-order valence-corrected chi connectivity index (χ1v) is 9.98. The first-order valence-electron chi connectivity index (χ1n) is 8.75. The number of nitrogens with zero attached hydrogens (tertiary/aromatic N) is 2. The maximum absolute atomic E-state index is 9.51. The van der Waals surface area contributed by atoms with Crippen molar-refractivity contribution >= 4 is 28.5 Å². The fraction of sp³-hybridized carbons (Fsp3) is 0.526. The fourth-order valence-electron chi connectivity index (χ4n) is 3.49. The van der Waals surface area contributed by atoms with Gasteiger partial charge in [0.1, 0.15) is 5.82 Å². The van der Waals surface area contributed by atoms with Crippen molar-refractivity contribution in [2.75, 3.05) is 37.8 Å². The van der Waals surface area contributed by atoms with Crippen molar-refractivity contribution < 1.29 is 5.11 Å². The van der Waals surface area contributed by atoms with Crippen LogP contribution < -0.4 is 5.32 Å². The summed E-state index contributed by atoms with van der Waals surface area (Å²) in [5.74, 6) is 0.941. The van der Waals surface area contributed by atoms with Crippen molar-refractivity contribution in [2.45, 2.75) is 37.1 Å². The normalized spacial score (nSPS) is 18.9. The van der Waals surface area contributed by atoms with E-state index in [4.69, 9.17) is 4.98 Å². The summed E-state index contributed by atoms with van der Waals surface area (Å²) in [6, 6.07) is 8.93. The van der Waals surface area contributed by atoms with E-state index < -0.39 is 0 Å². The van der Waals surface area contributed by atoms with Crippen LogP contribution in [-0.4, -0.2) is 53.5 Å². The molecule has 1 aromatic carbocycles. The van der Waals surface area contributed by atoms with E-state index in [9.17, 15) is 5.11 Å². The van der Waals surface area contributed by atoms with Crippen molar-refractivity contribution in [3.05, 3.63) is 29.8 Å². The number of nitrogens with one attached hydrogen (secondary N) is 1. The third-order valence-corrected chi connectivity index (χ3v) is 5.61. The number of pyridine rings is 1. The van der Waals surface area contributed by atoms with Gasteiger partial charge >= 0.3 is 0 Å². The van der Waals surface area contributed by atoms with Crippen LogP contribution in [-0.2, 0) is 0 Å².